The number of carbonyl (C=O) groups excluding carboxylic acids is 1. The molecule has 0 fully saturated rings. The van der Waals surface area contributed by atoms with Crippen LogP contribution in [0.2, 0.25) is 5.02 Å². The summed E-state index contributed by atoms with van der Waals surface area (Å²) in [5, 5.41) is 3.81. The molecule has 21 heavy (non-hydrogen) atoms. The summed E-state index contributed by atoms with van der Waals surface area (Å²) in [5.74, 6) is 0.236. The van der Waals surface area contributed by atoms with Gasteiger partial charge in [0.25, 0.3) is 0 Å². The van der Waals surface area contributed by atoms with Crippen molar-refractivity contribution < 1.29 is 9.53 Å². The first kappa shape index (κ1) is 15.8. The van der Waals surface area contributed by atoms with Crippen molar-refractivity contribution in [2.45, 2.75) is 13.8 Å². The van der Waals surface area contributed by atoms with E-state index in [-0.39, 0.29) is 5.97 Å². The Morgan fingerprint density at radius 1 is 1.43 bits per heavy atom. The lowest BCUT2D eigenvalue weighted by Crippen LogP contribution is -2.05. The van der Waals surface area contributed by atoms with Gasteiger partial charge in [-0.15, -0.1) is 0 Å². The number of aromatic nitrogens is 1. The van der Waals surface area contributed by atoms with E-state index in [2.05, 4.69) is 26.2 Å². The molecule has 6 heteroatoms. The van der Waals surface area contributed by atoms with Gasteiger partial charge < -0.3 is 10.1 Å². The Morgan fingerprint density at radius 2 is 2.19 bits per heavy atom. The SMILES string of the molecule is CCOC(=O)c1ccc(Nc2cc(Cl)c(C)cc2Br)nc1. The molecule has 1 aromatic heterocycles. The van der Waals surface area contributed by atoms with E-state index in [1.807, 2.05) is 19.1 Å². The molecule has 1 N–H and O–H groups in total. The Morgan fingerprint density at radius 3 is 2.81 bits per heavy atom. The number of halogens is 2. The van der Waals surface area contributed by atoms with E-state index in [0.29, 0.717) is 23.0 Å². The van der Waals surface area contributed by atoms with Gasteiger partial charge in [-0.2, -0.15) is 0 Å². The lowest BCUT2D eigenvalue weighted by Gasteiger charge is -2.10. The van der Waals surface area contributed by atoms with E-state index in [1.165, 1.54) is 6.20 Å². The summed E-state index contributed by atoms with van der Waals surface area (Å²) in [6, 6.07) is 7.13. The number of ether oxygens (including phenoxy) is 1. The van der Waals surface area contributed by atoms with Gasteiger partial charge >= 0.3 is 5.97 Å². The molecule has 0 radical (unpaired) electrons. The van der Waals surface area contributed by atoms with Crippen LogP contribution < -0.4 is 5.32 Å². The average Bonchev–Trinajstić information content (AvgIpc) is 2.46. The molecule has 0 bridgehead atoms. The van der Waals surface area contributed by atoms with Crippen molar-refractivity contribution in [3.8, 4) is 0 Å². The zero-order chi connectivity index (χ0) is 15.4. The number of rotatable bonds is 4. The number of benzene rings is 1. The maximum atomic E-state index is 11.5. The smallest absolute Gasteiger partial charge is 0.339 e. The summed E-state index contributed by atoms with van der Waals surface area (Å²) >= 11 is 9.59. The minimum absolute atomic E-state index is 0.341. The van der Waals surface area contributed by atoms with Gasteiger partial charge in [0.2, 0.25) is 0 Å². The van der Waals surface area contributed by atoms with Gasteiger partial charge in [0.15, 0.2) is 0 Å². The highest BCUT2D eigenvalue weighted by atomic mass is 79.9. The number of carbonyl (C=O) groups is 1. The summed E-state index contributed by atoms with van der Waals surface area (Å²) in [6.45, 7) is 4.04. The number of nitrogens with one attached hydrogen (secondary N) is 1. The second-order valence-corrected chi connectivity index (χ2v) is 5.62. The Bertz CT molecular complexity index is 659. The van der Waals surface area contributed by atoms with Gasteiger partial charge in [0, 0.05) is 15.7 Å². The Hall–Kier alpha value is -1.59. The second-order valence-electron chi connectivity index (χ2n) is 4.36. The normalized spacial score (nSPS) is 10.3. The summed E-state index contributed by atoms with van der Waals surface area (Å²) in [5.41, 5.74) is 2.21. The zero-order valence-corrected chi connectivity index (χ0v) is 14.0. The molecule has 2 aromatic rings. The summed E-state index contributed by atoms with van der Waals surface area (Å²) in [4.78, 5) is 15.7. The first-order chi connectivity index (χ1) is 10.0. The van der Waals surface area contributed by atoms with Gasteiger partial charge in [0.1, 0.15) is 5.82 Å². The predicted molar refractivity (Wildman–Crippen MR) is 87.4 cm³/mol. The molecular weight excluding hydrogens is 356 g/mol. The van der Waals surface area contributed by atoms with E-state index in [9.17, 15) is 4.79 Å². The van der Waals surface area contributed by atoms with Crippen LogP contribution in [0, 0.1) is 6.92 Å². The minimum atomic E-state index is -0.379. The molecule has 1 heterocycles. The van der Waals surface area contributed by atoms with Crippen molar-refractivity contribution in [1.82, 2.24) is 4.98 Å². The molecule has 0 aliphatic rings. The van der Waals surface area contributed by atoms with Crippen LogP contribution in [0.3, 0.4) is 0 Å². The molecule has 0 spiro atoms. The van der Waals surface area contributed by atoms with Crippen molar-refractivity contribution in [2.24, 2.45) is 0 Å². The molecule has 0 unspecified atom stereocenters. The third kappa shape index (κ3) is 3.95. The molecule has 0 atom stereocenters. The van der Waals surface area contributed by atoms with Crippen molar-refractivity contribution in [2.75, 3.05) is 11.9 Å². The van der Waals surface area contributed by atoms with Crippen molar-refractivity contribution >= 4 is 45.0 Å². The number of hydrogen-bond acceptors (Lipinski definition) is 4. The summed E-state index contributed by atoms with van der Waals surface area (Å²) in [6.07, 6.45) is 1.48. The quantitative estimate of drug-likeness (QED) is 0.792. The molecule has 0 saturated heterocycles. The molecule has 1 aromatic carbocycles. The van der Waals surface area contributed by atoms with Gasteiger partial charge in [-0.1, -0.05) is 11.6 Å². The van der Waals surface area contributed by atoms with Crippen LogP contribution in [-0.2, 0) is 4.74 Å². The molecule has 110 valence electrons. The van der Waals surface area contributed by atoms with Crippen LogP contribution in [0.15, 0.2) is 34.9 Å². The first-order valence-electron chi connectivity index (χ1n) is 6.37. The number of anilines is 2. The van der Waals surface area contributed by atoms with Gasteiger partial charge in [-0.05, 0) is 59.6 Å². The van der Waals surface area contributed by atoms with Crippen molar-refractivity contribution in [3.05, 3.63) is 51.1 Å². The Kier molecular flexibility index (Phi) is 5.20. The fourth-order valence-electron chi connectivity index (χ4n) is 1.68. The number of hydrogen-bond donors (Lipinski definition) is 1. The van der Waals surface area contributed by atoms with E-state index < -0.39 is 0 Å². The summed E-state index contributed by atoms with van der Waals surface area (Å²) < 4.78 is 5.80. The molecule has 2 rings (SSSR count). The molecule has 0 amide bonds. The van der Waals surface area contributed by atoms with Gasteiger partial charge in [-0.3, -0.25) is 0 Å². The molecular formula is C15H14BrClN2O2. The second kappa shape index (κ2) is 6.91. The highest BCUT2D eigenvalue weighted by molar-refractivity contribution is 9.10. The molecule has 0 saturated carbocycles. The number of pyridine rings is 1. The predicted octanol–water partition coefficient (Wildman–Crippen LogP) is 4.73. The zero-order valence-electron chi connectivity index (χ0n) is 11.6. The molecule has 4 nitrogen and oxygen atoms in total. The fourth-order valence-corrected chi connectivity index (χ4v) is 2.40. The average molecular weight is 370 g/mol. The van der Waals surface area contributed by atoms with Gasteiger partial charge in [0.05, 0.1) is 17.9 Å². The number of esters is 1. The van der Waals surface area contributed by atoms with Crippen molar-refractivity contribution in [3.63, 3.8) is 0 Å². The maximum Gasteiger partial charge on any atom is 0.339 e. The van der Waals surface area contributed by atoms with E-state index >= 15 is 0 Å². The van der Waals surface area contributed by atoms with E-state index in [1.54, 1.807) is 19.1 Å². The van der Waals surface area contributed by atoms with Crippen LogP contribution in [0.1, 0.15) is 22.8 Å². The minimum Gasteiger partial charge on any atom is -0.462 e. The lowest BCUT2D eigenvalue weighted by molar-refractivity contribution is 0.0526. The van der Waals surface area contributed by atoms with Crippen LogP contribution >= 0.6 is 27.5 Å². The third-order valence-electron chi connectivity index (χ3n) is 2.79. The summed E-state index contributed by atoms with van der Waals surface area (Å²) in [7, 11) is 0. The van der Waals surface area contributed by atoms with Crippen LogP contribution in [-0.4, -0.2) is 17.6 Å². The highest BCUT2D eigenvalue weighted by Gasteiger charge is 2.08. The topological polar surface area (TPSA) is 51.2 Å². The molecule has 0 aliphatic carbocycles. The van der Waals surface area contributed by atoms with E-state index in [0.717, 1.165) is 15.7 Å². The number of aryl methyl sites for hydroxylation is 1. The van der Waals surface area contributed by atoms with Crippen LogP contribution in [0.25, 0.3) is 0 Å². The Labute approximate surface area is 136 Å². The first-order valence-corrected chi connectivity index (χ1v) is 7.54. The highest BCUT2D eigenvalue weighted by Crippen LogP contribution is 2.30. The standard InChI is InChI=1S/C15H14BrClN2O2/c1-3-21-15(20)10-4-5-14(18-8-10)19-13-7-12(17)9(2)6-11(13)16/h4-8H,3H2,1-2H3,(H,18,19). The van der Waals surface area contributed by atoms with Crippen molar-refractivity contribution in [1.29, 1.82) is 0 Å². The van der Waals surface area contributed by atoms with Crippen LogP contribution in [0.5, 0.6) is 0 Å². The lowest BCUT2D eigenvalue weighted by atomic mass is 10.2. The van der Waals surface area contributed by atoms with Gasteiger partial charge in [-0.25, -0.2) is 9.78 Å². The largest absolute Gasteiger partial charge is 0.462 e. The molecule has 0 aliphatic heterocycles. The monoisotopic (exact) mass is 368 g/mol. The van der Waals surface area contributed by atoms with Crippen LogP contribution in [0.4, 0.5) is 11.5 Å². The third-order valence-corrected chi connectivity index (χ3v) is 3.85. The van der Waals surface area contributed by atoms with E-state index in [4.69, 9.17) is 16.3 Å². The number of nitrogens with zero attached hydrogens (tertiary/aromatic N) is 1. The maximum absolute atomic E-state index is 11.5. The Balaban J connectivity index is 2.17. The fraction of sp³-hybridized carbons (Fsp3) is 0.200.